The first-order valence-corrected chi connectivity index (χ1v) is 12.8. The molecule has 1 aromatic heterocycles. The number of carboxylic acids is 1. The zero-order valence-electron chi connectivity index (χ0n) is 24.6. The number of phenolic OH excluding ortho intramolecular Hbond substituents is 1. The molecular formula is C28H29N3O10. The van der Waals surface area contributed by atoms with Crippen molar-refractivity contribution < 1.29 is 53.5 Å². The van der Waals surface area contributed by atoms with Crippen LogP contribution in [0.1, 0.15) is 32.5 Å². The van der Waals surface area contributed by atoms with Gasteiger partial charge in [0, 0.05) is 34.1 Å². The molecule has 2 fully saturated rings. The number of nitrogens with one attached hydrogen (secondary N) is 1. The highest BCUT2D eigenvalue weighted by molar-refractivity contribution is 5.97. The van der Waals surface area contributed by atoms with Gasteiger partial charge in [-0.25, -0.2) is 4.79 Å². The van der Waals surface area contributed by atoms with Crippen LogP contribution >= 0.6 is 0 Å². The Bertz CT molecular complexity index is 1650. The summed E-state index contributed by atoms with van der Waals surface area (Å²) in [5.74, 6) is -3.67. The summed E-state index contributed by atoms with van der Waals surface area (Å²) in [4.78, 5) is 43.8. The van der Waals surface area contributed by atoms with Crippen molar-refractivity contribution in [1.29, 1.82) is 0 Å². The third-order valence-corrected chi connectivity index (χ3v) is 7.90. The van der Waals surface area contributed by atoms with E-state index in [1.807, 2.05) is 24.3 Å². The smallest absolute Gasteiger partial charge is 0.335 e. The molecule has 3 aliphatic rings. The fourth-order valence-corrected chi connectivity index (χ4v) is 5.97. The third-order valence-electron chi connectivity index (χ3n) is 7.90. The molecule has 6 N–H and O–H groups in total. The Balaban J connectivity index is 1.42. The molecule has 13 nitrogen and oxygen atoms in total. The van der Waals surface area contributed by atoms with Crippen LogP contribution in [0.5, 0.6) is 11.5 Å². The summed E-state index contributed by atoms with van der Waals surface area (Å²) in [5.41, 5.74) is 2.61. The fourth-order valence-electron chi connectivity index (χ4n) is 5.97. The summed E-state index contributed by atoms with van der Waals surface area (Å²) in [6.45, 7) is -1.96. The summed E-state index contributed by atoms with van der Waals surface area (Å²) >= 11 is 0. The first kappa shape index (κ1) is 23.5. The highest BCUT2D eigenvalue weighted by Gasteiger charge is 2.49. The molecule has 0 spiro atoms. The number of aliphatic hydroxyl groups is 3. The second-order valence-corrected chi connectivity index (χ2v) is 10.4. The number of fused-ring (bicyclic) bond motifs is 4. The van der Waals surface area contributed by atoms with E-state index < -0.39 is 79.8 Å². The van der Waals surface area contributed by atoms with Crippen molar-refractivity contribution in [2.75, 3.05) is 13.5 Å². The fraction of sp³-hybridized carbons (Fsp3) is 0.393. The molecule has 41 heavy (non-hydrogen) atoms. The second kappa shape index (κ2) is 9.73. The van der Waals surface area contributed by atoms with Crippen LogP contribution in [0, 0.1) is 6.92 Å². The number of benzene rings is 2. The molecule has 3 aromatic rings. The van der Waals surface area contributed by atoms with Crippen LogP contribution in [-0.2, 0) is 25.5 Å². The number of carboxylic acid groups (broad SMARTS) is 1. The van der Waals surface area contributed by atoms with Crippen molar-refractivity contribution >= 4 is 28.7 Å². The van der Waals surface area contributed by atoms with Crippen LogP contribution in [-0.4, -0.2) is 108 Å². The molecule has 2 amide bonds. The van der Waals surface area contributed by atoms with Crippen LogP contribution in [0.15, 0.2) is 36.4 Å². The lowest BCUT2D eigenvalue weighted by atomic mass is 9.85. The Morgan fingerprint density at radius 1 is 1.15 bits per heavy atom. The number of H-pyrrole nitrogens is 1. The van der Waals surface area contributed by atoms with Crippen LogP contribution < -0.4 is 4.74 Å². The molecule has 3 aliphatic heterocycles. The lowest BCUT2D eigenvalue weighted by Crippen LogP contribution is -2.62. The molecule has 0 aliphatic carbocycles. The molecule has 6 rings (SSSR count). The molecule has 0 unspecified atom stereocenters. The molecule has 216 valence electrons. The van der Waals surface area contributed by atoms with Crippen LogP contribution in [0.4, 0.5) is 0 Å². The SMILES string of the molecule is [2H]C([2H])([2H])N1CC(=O)N2[C@H](c3cc(C)c(O[C@@H]4O[C@H](C(=O)O)[C@@H](O)[C@H](O)[C@H]4O)c(O)c3)c3[nH]c4ccccc4c3C[C@@H]2C1=O. The van der Waals surface area contributed by atoms with E-state index in [2.05, 4.69) is 4.98 Å². The van der Waals surface area contributed by atoms with Crippen molar-refractivity contribution in [1.82, 2.24) is 14.8 Å². The molecule has 0 saturated carbocycles. The highest BCUT2D eigenvalue weighted by Crippen LogP contribution is 2.45. The average molecular weight is 571 g/mol. The molecular weight excluding hydrogens is 538 g/mol. The minimum Gasteiger partial charge on any atom is -0.504 e. The number of rotatable bonds is 4. The number of carbonyl (C=O) groups is 3. The number of nitrogens with zero attached hydrogens (tertiary/aromatic N) is 2. The van der Waals surface area contributed by atoms with E-state index in [0.717, 1.165) is 10.9 Å². The maximum Gasteiger partial charge on any atom is 0.335 e. The number of aryl methyl sites for hydroxylation is 1. The number of aliphatic hydroxyl groups excluding tert-OH is 3. The number of aliphatic carboxylic acids is 1. The number of ether oxygens (including phenoxy) is 2. The van der Waals surface area contributed by atoms with Gasteiger partial charge in [-0.05, 0) is 41.8 Å². The van der Waals surface area contributed by atoms with Crippen molar-refractivity contribution in [3.63, 3.8) is 0 Å². The lowest BCUT2D eigenvalue weighted by molar-refractivity contribution is -0.271. The monoisotopic (exact) mass is 570 g/mol. The van der Waals surface area contributed by atoms with Gasteiger partial charge in [0.05, 0.1) is 12.6 Å². The molecule has 2 aromatic carbocycles. The number of amides is 2. The average Bonchev–Trinajstić information content (AvgIpc) is 3.33. The van der Waals surface area contributed by atoms with Crippen molar-refractivity contribution in [3.05, 3.63) is 58.8 Å². The van der Waals surface area contributed by atoms with Gasteiger partial charge in [0.1, 0.15) is 24.4 Å². The summed E-state index contributed by atoms with van der Waals surface area (Å²) in [7, 11) is 0. The largest absolute Gasteiger partial charge is 0.504 e. The van der Waals surface area contributed by atoms with Crippen LogP contribution in [0.25, 0.3) is 10.9 Å². The Labute approximate surface area is 237 Å². The number of para-hydroxylation sites is 1. The minimum absolute atomic E-state index is 0.0645. The Morgan fingerprint density at radius 3 is 2.61 bits per heavy atom. The number of hydrogen-bond acceptors (Lipinski definition) is 9. The van der Waals surface area contributed by atoms with Crippen molar-refractivity contribution in [2.45, 2.75) is 56.1 Å². The number of phenols is 1. The second-order valence-electron chi connectivity index (χ2n) is 10.4. The van der Waals surface area contributed by atoms with Crippen LogP contribution in [0.3, 0.4) is 0 Å². The van der Waals surface area contributed by atoms with Gasteiger partial charge in [-0.1, -0.05) is 18.2 Å². The quantitative estimate of drug-likeness (QED) is 0.244. The van der Waals surface area contributed by atoms with E-state index in [0.29, 0.717) is 21.7 Å². The minimum atomic E-state index is -2.82. The lowest BCUT2D eigenvalue weighted by Gasteiger charge is -2.46. The predicted octanol–water partition coefficient (Wildman–Crippen LogP) is -0.232. The first-order valence-electron chi connectivity index (χ1n) is 14.3. The zero-order valence-corrected chi connectivity index (χ0v) is 21.6. The van der Waals surface area contributed by atoms with Gasteiger partial charge in [0.15, 0.2) is 17.6 Å². The van der Waals surface area contributed by atoms with Crippen molar-refractivity contribution in [2.24, 2.45) is 0 Å². The Hall–Kier alpha value is -4.17. The molecule has 13 heteroatoms. The maximum atomic E-state index is 13.6. The van der Waals surface area contributed by atoms with E-state index in [9.17, 15) is 39.9 Å². The van der Waals surface area contributed by atoms with E-state index in [1.165, 1.54) is 17.9 Å². The van der Waals surface area contributed by atoms with E-state index >= 15 is 0 Å². The third kappa shape index (κ3) is 4.20. The molecule has 0 bridgehead atoms. The Kier molecular flexibility index (Phi) is 5.58. The van der Waals surface area contributed by atoms with Crippen LogP contribution in [0.2, 0.25) is 0 Å². The zero-order chi connectivity index (χ0) is 31.8. The molecule has 4 heterocycles. The van der Waals surface area contributed by atoms with Gasteiger partial charge in [-0.3, -0.25) is 9.59 Å². The Morgan fingerprint density at radius 2 is 1.90 bits per heavy atom. The highest BCUT2D eigenvalue weighted by atomic mass is 16.7. The summed E-state index contributed by atoms with van der Waals surface area (Å²) in [6.07, 6.45) is -9.36. The molecule has 7 atom stereocenters. The van der Waals surface area contributed by atoms with Gasteiger partial charge >= 0.3 is 5.97 Å². The number of hydrogen-bond donors (Lipinski definition) is 6. The summed E-state index contributed by atoms with van der Waals surface area (Å²) in [5, 5.41) is 51.7. The topological polar surface area (TPSA) is 193 Å². The summed E-state index contributed by atoms with van der Waals surface area (Å²) in [6, 6.07) is 8.04. The van der Waals surface area contributed by atoms with Gasteiger partial charge in [0.2, 0.25) is 18.1 Å². The van der Waals surface area contributed by atoms with Gasteiger partial charge in [-0.2, -0.15) is 0 Å². The van der Waals surface area contributed by atoms with Crippen molar-refractivity contribution in [3.8, 4) is 11.5 Å². The number of likely N-dealkylation sites (N-methyl/N-ethyl adjacent to an activating group) is 1. The number of aromatic hydroxyl groups is 1. The standard InChI is InChI=1S/C28H29N3O10/c1-11-7-12(8-17(32)24(11)40-28-23(36)21(34)22(35)25(41-28)27(38)39)20-19-14(13-5-3-4-6-15(13)29-19)9-16-26(37)30(2)10-18(33)31(16)20/h3-8,16,20-23,25,28-29,32,34-36H,9-10H2,1-2H3,(H,38,39)/t16-,20-,21+,22+,23-,25+,28-/m1/s1/i2D3. The number of aromatic amines is 1. The maximum absolute atomic E-state index is 13.6. The van der Waals surface area contributed by atoms with Gasteiger partial charge in [0.25, 0.3) is 0 Å². The number of aromatic nitrogens is 1. The van der Waals surface area contributed by atoms with Gasteiger partial charge in [-0.15, -0.1) is 0 Å². The predicted molar refractivity (Wildman–Crippen MR) is 140 cm³/mol. The molecule has 2 saturated heterocycles. The van der Waals surface area contributed by atoms with E-state index in [-0.39, 0.29) is 17.7 Å². The number of carbonyl (C=O) groups excluding carboxylic acids is 2. The van der Waals surface area contributed by atoms with E-state index in [1.54, 1.807) is 6.07 Å². The molecule has 0 radical (unpaired) electrons. The first-order chi connectivity index (χ1) is 20.7. The summed E-state index contributed by atoms with van der Waals surface area (Å²) < 4.78 is 34.2. The normalized spacial score (nSPS) is 31.2. The van der Waals surface area contributed by atoms with Gasteiger partial charge < -0.3 is 49.8 Å². The number of piperazine rings is 1. The van der Waals surface area contributed by atoms with E-state index in [4.69, 9.17) is 13.6 Å².